The molecule has 1 aromatic heterocycles. The molecule has 3 aliphatic carbocycles. The zero-order chi connectivity index (χ0) is 40.7. The molecule has 3 nitrogen and oxygen atoms in total. The van der Waals surface area contributed by atoms with Crippen molar-refractivity contribution in [1.29, 1.82) is 0 Å². The molecule has 6 aromatic rings. The van der Waals surface area contributed by atoms with E-state index in [1.807, 2.05) is 30.3 Å². The van der Waals surface area contributed by atoms with Crippen molar-refractivity contribution in [2.75, 3.05) is 0 Å². The van der Waals surface area contributed by atoms with Crippen LogP contribution in [0.1, 0.15) is 61.5 Å². The van der Waals surface area contributed by atoms with Gasteiger partial charge in [-0.2, -0.15) is 0 Å². The maximum Gasteiger partial charge on any atom is 0.164 e. The van der Waals surface area contributed by atoms with Crippen LogP contribution < -0.4 is 0 Å². The third-order valence-corrected chi connectivity index (χ3v) is 11.8. The van der Waals surface area contributed by atoms with Crippen molar-refractivity contribution in [3.63, 3.8) is 0 Å². The van der Waals surface area contributed by atoms with Gasteiger partial charge in [-0.3, -0.25) is 0 Å². The van der Waals surface area contributed by atoms with Gasteiger partial charge in [-0.15, -0.1) is 0 Å². The lowest BCUT2D eigenvalue weighted by atomic mass is 9.86. The quantitative estimate of drug-likeness (QED) is 0.130. The second kappa shape index (κ2) is 17.9. The Labute approximate surface area is 355 Å². The highest BCUT2D eigenvalue weighted by molar-refractivity contribution is 5.86. The van der Waals surface area contributed by atoms with E-state index in [4.69, 9.17) is 15.0 Å². The second-order valence-electron chi connectivity index (χ2n) is 16.0. The molecular formula is C57H49N3. The van der Waals surface area contributed by atoms with E-state index in [-0.39, 0.29) is 0 Å². The first-order valence-corrected chi connectivity index (χ1v) is 21.3. The first-order chi connectivity index (χ1) is 29.5. The molecular weight excluding hydrogens is 727 g/mol. The number of benzene rings is 5. The average Bonchev–Trinajstić information content (AvgIpc) is 3.54. The minimum Gasteiger partial charge on any atom is -0.208 e. The van der Waals surface area contributed by atoms with E-state index >= 15 is 0 Å². The molecule has 9 rings (SSSR count). The van der Waals surface area contributed by atoms with Crippen molar-refractivity contribution in [3.05, 3.63) is 223 Å². The van der Waals surface area contributed by atoms with Crippen LogP contribution in [0.15, 0.2) is 201 Å². The molecule has 1 heterocycles. The SMILES string of the molecule is C=C(C=CC1CC=CC=CC1C)c1nc(-c2ccccc2)nc(-c2cccc(-c3cccc(C4=CC=C(c5cc(C6=CCCC=C6)cc(-c6ccccc6)c5)CC4)c3)c2)n1. The molecule has 0 radical (unpaired) electrons. The Morgan fingerprint density at radius 1 is 0.567 bits per heavy atom. The monoisotopic (exact) mass is 775 g/mol. The molecule has 0 fully saturated rings. The topological polar surface area (TPSA) is 38.7 Å². The lowest BCUT2D eigenvalue weighted by molar-refractivity contribution is 0.521. The summed E-state index contributed by atoms with van der Waals surface area (Å²) in [5.74, 6) is 2.66. The van der Waals surface area contributed by atoms with Gasteiger partial charge in [0.05, 0.1) is 0 Å². The number of hydrogen-bond acceptors (Lipinski definition) is 3. The van der Waals surface area contributed by atoms with E-state index in [1.54, 1.807) is 0 Å². The van der Waals surface area contributed by atoms with Gasteiger partial charge in [0, 0.05) is 16.7 Å². The summed E-state index contributed by atoms with van der Waals surface area (Å²) >= 11 is 0. The maximum absolute atomic E-state index is 5.02. The molecule has 0 bridgehead atoms. The van der Waals surface area contributed by atoms with Gasteiger partial charge >= 0.3 is 0 Å². The van der Waals surface area contributed by atoms with Crippen LogP contribution >= 0.6 is 0 Å². The van der Waals surface area contributed by atoms with Crippen molar-refractivity contribution in [2.45, 2.75) is 39.0 Å². The van der Waals surface area contributed by atoms with Crippen molar-refractivity contribution in [2.24, 2.45) is 11.8 Å². The van der Waals surface area contributed by atoms with Gasteiger partial charge in [-0.25, -0.2) is 15.0 Å². The van der Waals surface area contributed by atoms with Crippen LogP contribution in [0.5, 0.6) is 0 Å². The van der Waals surface area contributed by atoms with Gasteiger partial charge < -0.3 is 0 Å². The Balaban J connectivity index is 1.00. The van der Waals surface area contributed by atoms with Gasteiger partial charge in [0.15, 0.2) is 17.5 Å². The normalized spacial score (nSPS) is 17.5. The number of nitrogens with zero attached hydrogens (tertiary/aromatic N) is 3. The van der Waals surface area contributed by atoms with E-state index in [9.17, 15) is 0 Å². The Morgan fingerprint density at radius 2 is 1.17 bits per heavy atom. The highest BCUT2D eigenvalue weighted by atomic mass is 15.0. The fraction of sp³-hybridized carbons (Fsp3) is 0.140. The van der Waals surface area contributed by atoms with Crippen LogP contribution in [0.25, 0.3) is 67.3 Å². The summed E-state index contributed by atoms with van der Waals surface area (Å²) < 4.78 is 0. The fourth-order valence-electron chi connectivity index (χ4n) is 8.30. The Kier molecular flexibility index (Phi) is 11.5. The molecule has 60 heavy (non-hydrogen) atoms. The van der Waals surface area contributed by atoms with Crippen molar-refractivity contribution in [1.82, 2.24) is 15.0 Å². The minimum atomic E-state index is 0.383. The predicted molar refractivity (Wildman–Crippen MR) is 253 cm³/mol. The van der Waals surface area contributed by atoms with Gasteiger partial charge in [-0.05, 0) is 130 Å². The van der Waals surface area contributed by atoms with Crippen LogP contribution in [0.3, 0.4) is 0 Å². The molecule has 2 unspecified atom stereocenters. The zero-order valence-electron chi connectivity index (χ0n) is 34.2. The number of aromatic nitrogens is 3. The first-order valence-electron chi connectivity index (χ1n) is 21.3. The van der Waals surface area contributed by atoms with Crippen LogP contribution in [0.4, 0.5) is 0 Å². The van der Waals surface area contributed by atoms with Gasteiger partial charge in [0.1, 0.15) is 0 Å². The highest BCUT2D eigenvalue weighted by Crippen LogP contribution is 2.37. The molecule has 0 spiro atoms. The lowest BCUT2D eigenvalue weighted by Gasteiger charge is -2.19. The molecule has 2 atom stereocenters. The minimum absolute atomic E-state index is 0.383. The van der Waals surface area contributed by atoms with E-state index in [2.05, 4.69) is 177 Å². The van der Waals surface area contributed by atoms with E-state index in [0.717, 1.165) is 59.9 Å². The first kappa shape index (κ1) is 38.5. The maximum atomic E-state index is 5.02. The van der Waals surface area contributed by atoms with Crippen molar-refractivity contribution in [3.8, 4) is 45.0 Å². The van der Waals surface area contributed by atoms with Crippen LogP contribution in [-0.4, -0.2) is 15.0 Å². The molecule has 0 N–H and O–H groups in total. The summed E-state index contributed by atoms with van der Waals surface area (Å²) in [6.07, 6.45) is 29.8. The molecule has 0 saturated carbocycles. The van der Waals surface area contributed by atoms with Gasteiger partial charge in [0.25, 0.3) is 0 Å². The number of rotatable bonds is 10. The largest absolute Gasteiger partial charge is 0.208 e. The Bertz CT molecular complexity index is 2760. The van der Waals surface area contributed by atoms with E-state index < -0.39 is 0 Å². The summed E-state index contributed by atoms with van der Waals surface area (Å²) in [6.45, 7) is 6.68. The molecule has 0 saturated heterocycles. The second-order valence-corrected chi connectivity index (χ2v) is 16.0. The summed E-state index contributed by atoms with van der Waals surface area (Å²) in [6, 6.07) is 45.4. The molecule has 3 aliphatic rings. The average molecular weight is 776 g/mol. The van der Waals surface area contributed by atoms with Crippen molar-refractivity contribution >= 4 is 22.3 Å². The molecule has 3 heteroatoms. The summed E-state index contributed by atoms with van der Waals surface area (Å²) in [7, 11) is 0. The molecule has 0 amide bonds. The van der Waals surface area contributed by atoms with Crippen LogP contribution in [0.2, 0.25) is 0 Å². The summed E-state index contributed by atoms with van der Waals surface area (Å²) in [5, 5.41) is 0. The Hall–Kier alpha value is -6.97. The zero-order valence-corrected chi connectivity index (χ0v) is 34.2. The van der Waals surface area contributed by atoms with Crippen LogP contribution in [-0.2, 0) is 0 Å². The van der Waals surface area contributed by atoms with Gasteiger partial charge in [0.2, 0.25) is 0 Å². The standard InChI is InChI=1S/C57H49N3/c1-40-17-7-3-8-18-42(40)30-29-41(2)55-58-56(47-23-13-6-14-24-47)60-57(59-55)51-28-16-27-50(36-51)49-26-15-25-48(35-49)45-31-33-46(34-32-45)54-38-52(43-19-9-4-10-20-43)37-53(39-54)44-21-11-5-12-22-44/h3-4,6-11,13-17,19-31,33,35-40,42H,2,5,12,18,32,34H2,1H3. The lowest BCUT2D eigenvalue weighted by Crippen LogP contribution is -2.05. The van der Waals surface area contributed by atoms with E-state index in [1.165, 1.54) is 44.5 Å². The fourth-order valence-corrected chi connectivity index (χ4v) is 8.30. The smallest absolute Gasteiger partial charge is 0.164 e. The third-order valence-electron chi connectivity index (χ3n) is 11.8. The Morgan fingerprint density at radius 3 is 1.88 bits per heavy atom. The molecule has 292 valence electrons. The number of allylic oxidation sites excluding steroid dienone is 15. The molecule has 0 aliphatic heterocycles. The van der Waals surface area contributed by atoms with Crippen LogP contribution in [0, 0.1) is 11.8 Å². The van der Waals surface area contributed by atoms with E-state index in [0.29, 0.717) is 29.3 Å². The summed E-state index contributed by atoms with van der Waals surface area (Å²) in [4.78, 5) is 15.0. The third kappa shape index (κ3) is 8.87. The summed E-state index contributed by atoms with van der Waals surface area (Å²) in [5.41, 5.74) is 15.3. The highest BCUT2D eigenvalue weighted by Gasteiger charge is 2.17. The van der Waals surface area contributed by atoms with Crippen molar-refractivity contribution < 1.29 is 0 Å². The van der Waals surface area contributed by atoms with Gasteiger partial charge in [-0.1, -0.05) is 177 Å². The molecule has 5 aromatic carbocycles. The number of hydrogen-bond donors (Lipinski definition) is 0. The predicted octanol–water partition coefficient (Wildman–Crippen LogP) is 14.9.